The molecule has 0 saturated heterocycles. The first-order valence-corrected chi connectivity index (χ1v) is 13.9. The Kier molecular flexibility index (Phi) is 13.5. The van der Waals surface area contributed by atoms with Crippen molar-refractivity contribution in [3.05, 3.63) is 90.0 Å². The van der Waals surface area contributed by atoms with Gasteiger partial charge >= 0.3 is 0 Å². The minimum absolute atomic E-state index is 0.332. The molecule has 0 saturated carbocycles. The van der Waals surface area contributed by atoms with E-state index >= 15 is 0 Å². The third-order valence-electron chi connectivity index (χ3n) is 6.22. The molecule has 3 aromatic carbocycles. The molecule has 0 fully saturated rings. The van der Waals surface area contributed by atoms with Gasteiger partial charge in [-0.3, -0.25) is 4.79 Å². The number of carbonyl (C=O) groups excluding carboxylic acids is 1. The van der Waals surface area contributed by atoms with E-state index < -0.39 is 5.24 Å². The van der Waals surface area contributed by atoms with Crippen molar-refractivity contribution in [1.29, 1.82) is 0 Å². The van der Waals surface area contributed by atoms with Gasteiger partial charge in [-0.05, 0) is 60.3 Å². The Balaban J connectivity index is 1.18. The van der Waals surface area contributed by atoms with Crippen LogP contribution in [0, 0.1) is 0 Å². The number of hydrogen-bond donors (Lipinski definition) is 0. The van der Waals surface area contributed by atoms with E-state index in [0.717, 1.165) is 37.2 Å². The molecule has 0 spiro atoms. The minimum atomic E-state index is -0.547. The van der Waals surface area contributed by atoms with Crippen molar-refractivity contribution in [3.8, 4) is 17.2 Å². The summed E-state index contributed by atoms with van der Waals surface area (Å²) in [5, 5.41) is -0.547. The van der Waals surface area contributed by atoms with E-state index in [2.05, 4.69) is 0 Å². The maximum atomic E-state index is 11.9. The second-order valence-corrected chi connectivity index (χ2v) is 9.59. The van der Waals surface area contributed by atoms with Gasteiger partial charge in [0, 0.05) is 0 Å². The molecule has 0 unspecified atom stereocenters. The molecule has 0 aliphatic rings. The lowest BCUT2D eigenvalue weighted by Crippen LogP contribution is -2.03. The highest BCUT2D eigenvalue weighted by Crippen LogP contribution is 2.27. The van der Waals surface area contributed by atoms with Crippen molar-refractivity contribution in [1.82, 2.24) is 0 Å². The van der Waals surface area contributed by atoms with Crippen LogP contribution in [-0.4, -0.2) is 18.5 Å². The Bertz CT molecular complexity index is 1020. The number of hydrogen-bond acceptors (Lipinski definition) is 4. The van der Waals surface area contributed by atoms with Crippen LogP contribution in [0.1, 0.15) is 80.1 Å². The van der Waals surface area contributed by atoms with Crippen LogP contribution in [0.4, 0.5) is 0 Å². The summed E-state index contributed by atoms with van der Waals surface area (Å²) in [6, 6.07) is 25.1. The van der Waals surface area contributed by atoms with Crippen LogP contribution in [0.3, 0.4) is 0 Å². The maximum Gasteiger partial charge on any atom is 0.256 e. The first-order valence-electron chi connectivity index (χ1n) is 13.5. The average molecular weight is 523 g/mol. The number of unbranched alkanes of at least 4 members (excludes halogenated alkanes) is 9. The lowest BCUT2D eigenvalue weighted by atomic mass is 10.1. The smallest absolute Gasteiger partial charge is 0.256 e. The number of para-hydroxylation sites is 1. The Morgan fingerprint density at radius 2 is 1.08 bits per heavy atom. The summed E-state index contributed by atoms with van der Waals surface area (Å²) in [5.74, 6) is 2.08. The standard InChI is InChI=1S/C32H39ClO4/c33-32(34)30-25-29(21-22-31(30)37-26-27-17-11-9-12-18-27)36-24-16-8-6-4-2-1-3-5-7-15-23-35-28-19-13-10-14-20-28/h9-14,17-22,25H,1-8,15-16,23-24,26H2. The van der Waals surface area contributed by atoms with Crippen molar-refractivity contribution in [3.63, 3.8) is 0 Å². The fraction of sp³-hybridized carbons (Fsp3) is 0.406. The van der Waals surface area contributed by atoms with Crippen molar-refractivity contribution in [2.24, 2.45) is 0 Å². The summed E-state index contributed by atoms with van der Waals surface area (Å²) in [6.07, 6.45) is 12.2. The van der Waals surface area contributed by atoms with Crippen LogP contribution in [-0.2, 0) is 6.61 Å². The van der Waals surface area contributed by atoms with E-state index in [1.54, 1.807) is 12.1 Å². The molecule has 0 N–H and O–H groups in total. The van der Waals surface area contributed by atoms with Gasteiger partial charge < -0.3 is 14.2 Å². The second-order valence-electron chi connectivity index (χ2n) is 9.25. The molecule has 0 aliphatic heterocycles. The quantitative estimate of drug-likeness (QED) is 0.116. The molecule has 3 aromatic rings. The molecule has 0 aromatic heterocycles. The van der Waals surface area contributed by atoms with E-state index in [9.17, 15) is 4.79 Å². The predicted octanol–water partition coefficient (Wildman–Crippen LogP) is 9.00. The summed E-state index contributed by atoms with van der Waals surface area (Å²) in [6.45, 7) is 1.81. The molecule has 3 rings (SSSR count). The normalized spacial score (nSPS) is 10.7. The molecular formula is C32H39ClO4. The van der Waals surface area contributed by atoms with Crippen molar-refractivity contribution >= 4 is 16.8 Å². The summed E-state index contributed by atoms with van der Waals surface area (Å²) < 4.78 is 17.4. The molecule has 0 atom stereocenters. The number of benzene rings is 3. The highest BCUT2D eigenvalue weighted by atomic mass is 35.5. The Hall–Kier alpha value is -2.98. The Labute approximate surface area is 226 Å². The Morgan fingerprint density at radius 3 is 1.65 bits per heavy atom. The fourth-order valence-electron chi connectivity index (χ4n) is 4.13. The van der Waals surface area contributed by atoms with E-state index in [1.807, 2.05) is 66.7 Å². The van der Waals surface area contributed by atoms with Crippen LogP contribution in [0.15, 0.2) is 78.9 Å². The van der Waals surface area contributed by atoms with E-state index in [1.165, 1.54) is 44.9 Å². The zero-order valence-corrected chi connectivity index (χ0v) is 22.5. The lowest BCUT2D eigenvalue weighted by Gasteiger charge is -2.12. The highest BCUT2D eigenvalue weighted by Gasteiger charge is 2.12. The highest BCUT2D eigenvalue weighted by molar-refractivity contribution is 6.68. The number of carbonyl (C=O) groups is 1. The van der Waals surface area contributed by atoms with Crippen LogP contribution in [0.5, 0.6) is 17.2 Å². The van der Waals surface area contributed by atoms with Gasteiger partial charge in [-0.2, -0.15) is 0 Å². The summed E-state index contributed by atoms with van der Waals surface area (Å²) in [4.78, 5) is 11.9. The molecule has 0 bridgehead atoms. The van der Waals surface area contributed by atoms with Gasteiger partial charge in [0.1, 0.15) is 23.9 Å². The molecule has 5 heteroatoms. The van der Waals surface area contributed by atoms with E-state index in [-0.39, 0.29) is 0 Å². The fourth-order valence-corrected chi connectivity index (χ4v) is 4.28. The van der Waals surface area contributed by atoms with Crippen molar-refractivity contribution in [2.75, 3.05) is 13.2 Å². The molecule has 0 heterocycles. The average Bonchev–Trinajstić information content (AvgIpc) is 2.93. The first kappa shape index (κ1) is 28.6. The van der Waals surface area contributed by atoms with Gasteiger partial charge in [0.05, 0.1) is 18.8 Å². The second kappa shape index (κ2) is 17.5. The summed E-state index contributed by atoms with van der Waals surface area (Å²) in [7, 11) is 0. The molecule has 0 aliphatic carbocycles. The molecule has 0 amide bonds. The first-order chi connectivity index (χ1) is 18.2. The van der Waals surface area contributed by atoms with Gasteiger partial charge in [0.2, 0.25) is 0 Å². The third-order valence-corrected chi connectivity index (χ3v) is 6.42. The van der Waals surface area contributed by atoms with Crippen LogP contribution in [0.2, 0.25) is 0 Å². The van der Waals surface area contributed by atoms with Gasteiger partial charge in [-0.1, -0.05) is 99.9 Å². The molecule has 4 nitrogen and oxygen atoms in total. The zero-order chi connectivity index (χ0) is 26.0. The topological polar surface area (TPSA) is 44.8 Å². The zero-order valence-electron chi connectivity index (χ0n) is 21.7. The van der Waals surface area contributed by atoms with Crippen molar-refractivity contribution < 1.29 is 19.0 Å². The maximum absolute atomic E-state index is 11.9. The molecule has 198 valence electrons. The van der Waals surface area contributed by atoms with Crippen LogP contribution >= 0.6 is 11.6 Å². The van der Waals surface area contributed by atoms with Crippen molar-refractivity contribution in [2.45, 2.75) is 70.8 Å². The van der Waals surface area contributed by atoms with E-state index in [4.69, 9.17) is 25.8 Å². The lowest BCUT2D eigenvalue weighted by molar-refractivity contribution is 0.107. The van der Waals surface area contributed by atoms with Gasteiger partial charge in [-0.25, -0.2) is 0 Å². The summed E-state index contributed by atoms with van der Waals surface area (Å²) in [5.41, 5.74) is 1.36. The van der Waals surface area contributed by atoms with Gasteiger partial charge in [0.15, 0.2) is 0 Å². The SMILES string of the molecule is O=C(Cl)c1cc(OCCCCCCCCCCCCOc2ccccc2)ccc1OCc1ccccc1. The minimum Gasteiger partial charge on any atom is -0.494 e. The largest absolute Gasteiger partial charge is 0.494 e. The van der Waals surface area contributed by atoms with Crippen LogP contribution in [0.25, 0.3) is 0 Å². The number of ether oxygens (including phenoxy) is 3. The summed E-state index contributed by atoms with van der Waals surface area (Å²) >= 11 is 5.79. The third kappa shape index (κ3) is 11.7. The Morgan fingerprint density at radius 1 is 0.568 bits per heavy atom. The number of rotatable bonds is 19. The van der Waals surface area contributed by atoms with E-state index in [0.29, 0.717) is 30.3 Å². The van der Waals surface area contributed by atoms with Gasteiger partial charge in [0.25, 0.3) is 5.24 Å². The van der Waals surface area contributed by atoms with Crippen LogP contribution < -0.4 is 14.2 Å². The number of halogens is 1. The predicted molar refractivity (Wildman–Crippen MR) is 151 cm³/mol. The molecule has 37 heavy (non-hydrogen) atoms. The molecule has 0 radical (unpaired) electrons. The monoisotopic (exact) mass is 522 g/mol. The molecular weight excluding hydrogens is 484 g/mol. The van der Waals surface area contributed by atoms with Gasteiger partial charge in [-0.15, -0.1) is 0 Å².